The number of carbonyl (C=O) groups excluding carboxylic acids is 1. The minimum atomic E-state index is -0.281. The van der Waals surface area contributed by atoms with Crippen LogP contribution in [0.5, 0.6) is 0 Å². The molecule has 2 saturated heterocycles. The van der Waals surface area contributed by atoms with Crippen LogP contribution in [-0.4, -0.2) is 53.0 Å². The van der Waals surface area contributed by atoms with Crippen molar-refractivity contribution in [2.24, 2.45) is 11.8 Å². The predicted octanol–water partition coefficient (Wildman–Crippen LogP) is 4.48. The Hall–Kier alpha value is -2.19. The highest BCUT2D eigenvalue weighted by Crippen LogP contribution is 2.31. The number of piperidine rings is 2. The number of H-pyrrole nitrogens is 1. The third-order valence-corrected chi connectivity index (χ3v) is 7.23. The lowest BCUT2D eigenvalue weighted by atomic mass is 9.79. The van der Waals surface area contributed by atoms with E-state index in [4.69, 9.17) is 0 Å². The molecule has 1 amide bonds. The van der Waals surface area contributed by atoms with Crippen LogP contribution in [0.3, 0.4) is 0 Å². The second-order valence-electron chi connectivity index (χ2n) is 9.89. The van der Waals surface area contributed by atoms with Crippen LogP contribution in [0.2, 0.25) is 0 Å². The van der Waals surface area contributed by atoms with Crippen molar-refractivity contribution in [2.45, 2.75) is 44.7 Å². The fraction of sp³-hybridized carbons (Fsp3) is 0.481. The van der Waals surface area contributed by atoms with Crippen molar-refractivity contribution in [3.63, 3.8) is 0 Å². The molecule has 0 spiro atoms. The molecule has 6 nitrogen and oxygen atoms in total. The van der Waals surface area contributed by atoms with E-state index >= 15 is 0 Å². The van der Waals surface area contributed by atoms with Crippen molar-refractivity contribution in [2.75, 3.05) is 26.2 Å². The van der Waals surface area contributed by atoms with Crippen LogP contribution in [0.15, 0.2) is 48.5 Å². The van der Waals surface area contributed by atoms with E-state index in [2.05, 4.69) is 55.8 Å². The van der Waals surface area contributed by atoms with Gasteiger partial charge in [-0.15, -0.1) is 24.8 Å². The minimum absolute atomic E-state index is 0. The van der Waals surface area contributed by atoms with Gasteiger partial charge in [0.25, 0.3) is 0 Å². The Labute approximate surface area is 224 Å². The molecule has 36 heavy (non-hydrogen) atoms. The SMILES string of the molecule is Cl.Cl.O=C(CCC[C@H]1NCC2CC1CN(Cc1ccccc1)C2)NCCc1nc2ccc(F)cc2[nH]1. The molecule has 0 saturated carbocycles. The Morgan fingerprint density at radius 3 is 2.81 bits per heavy atom. The highest BCUT2D eigenvalue weighted by Gasteiger charge is 2.36. The lowest BCUT2D eigenvalue weighted by molar-refractivity contribution is -0.121. The van der Waals surface area contributed by atoms with Gasteiger partial charge >= 0.3 is 0 Å². The first kappa shape index (κ1) is 28.4. The van der Waals surface area contributed by atoms with Gasteiger partial charge in [-0.3, -0.25) is 9.69 Å². The molecular formula is C27H36Cl2FN5O. The summed E-state index contributed by atoms with van der Waals surface area (Å²) < 4.78 is 13.3. The van der Waals surface area contributed by atoms with Gasteiger partial charge in [-0.25, -0.2) is 9.37 Å². The Morgan fingerprint density at radius 1 is 1.14 bits per heavy atom. The molecule has 0 radical (unpaired) electrons. The number of amides is 1. The zero-order chi connectivity index (χ0) is 23.3. The average molecular weight is 537 g/mol. The molecule has 3 atom stereocenters. The number of nitrogens with one attached hydrogen (secondary N) is 3. The molecule has 2 fully saturated rings. The first-order valence-electron chi connectivity index (χ1n) is 12.5. The van der Waals surface area contributed by atoms with E-state index in [1.807, 2.05) is 0 Å². The van der Waals surface area contributed by atoms with Crippen LogP contribution >= 0.6 is 24.8 Å². The number of imidazole rings is 1. The van der Waals surface area contributed by atoms with Gasteiger partial charge in [-0.2, -0.15) is 0 Å². The van der Waals surface area contributed by atoms with E-state index < -0.39 is 0 Å². The maximum atomic E-state index is 13.3. The number of benzene rings is 2. The number of halogens is 3. The van der Waals surface area contributed by atoms with E-state index in [0.29, 0.717) is 36.9 Å². The van der Waals surface area contributed by atoms with Gasteiger partial charge in [0.05, 0.1) is 11.0 Å². The van der Waals surface area contributed by atoms with Crippen molar-refractivity contribution < 1.29 is 9.18 Å². The monoisotopic (exact) mass is 535 g/mol. The summed E-state index contributed by atoms with van der Waals surface area (Å²) in [6.45, 7) is 4.95. The first-order chi connectivity index (χ1) is 16.6. The summed E-state index contributed by atoms with van der Waals surface area (Å²) in [5.41, 5.74) is 2.82. The number of hydrogen-bond donors (Lipinski definition) is 3. The molecule has 0 aliphatic carbocycles. The van der Waals surface area contributed by atoms with Crippen LogP contribution in [-0.2, 0) is 17.8 Å². The lowest BCUT2D eigenvalue weighted by Crippen LogP contribution is -2.55. The third kappa shape index (κ3) is 7.42. The largest absolute Gasteiger partial charge is 0.356 e. The molecule has 2 aromatic carbocycles. The topological polar surface area (TPSA) is 73.1 Å². The van der Waals surface area contributed by atoms with Gasteiger partial charge < -0.3 is 15.6 Å². The molecule has 2 aliphatic heterocycles. The number of hydrogen-bond acceptors (Lipinski definition) is 4. The zero-order valence-electron chi connectivity index (χ0n) is 20.4. The summed E-state index contributed by atoms with van der Waals surface area (Å²) in [6.07, 6.45) is 4.39. The normalized spacial score (nSPS) is 21.4. The maximum Gasteiger partial charge on any atom is 0.220 e. The van der Waals surface area contributed by atoms with Crippen molar-refractivity contribution in [3.8, 4) is 0 Å². The van der Waals surface area contributed by atoms with Crippen molar-refractivity contribution >= 4 is 41.8 Å². The summed E-state index contributed by atoms with van der Waals surface area (Å²) in [5, 5.41) is 6.76. The van der Waals surface area contributed by atoms with Crippen molar-refractivity contribution in [3.05, 3.63) is 65.7 Å². The fourth-order valence-electron chi connectivity index (χ4n) is 5.63. The highest BCUT2D eigenvalue weighted by atomic mass is 35.5. The van der Waals surface area contributed by atoms with E-state index in [0.717, 1.165) is 49.7 Å². The predicted molar refractivity (Wildman–Crippen MR) is 146 cm³/mol. The second kappa shape index (κ2) is 13.4. The number of likely N-dealkylation sites (tertiary alicyclic amines) is 1. The standard InChI is InChI=1S/C27H34FN5O.2ClH/c28-22-9-10-24-25(14-22)32-26(31-24)11-12-29-27(34)8-4-7-23-21-13-20(15-30-23)17-33(18-21)16-19-5-2-1-3-6-19;;/h1-3,5-6,9-10,14,20-21,23,30H,4,7-8,11-13,15-18H2,(H,29,34)(H,31,32);2*1H/t20?,21?,23-;;/m1../s1. The van der Waals surface area contributed by atoms with E-state index in [9.17, 15) is 9.18 Å². The molecule has 3 aromatic rings. The van der Waals surface area contributed by atoms with Gasteiger partial charge in [0.1, 0.15) is 11.6 Å². The molecule has 2 aliphatic rings. The molecule has 5 rings (SSSR count). The molecule has 3 heterocycles. The number of aromatic amines is 1. The maximum absolute atomic E-state index is 13.3. The Kier molecular flexibility index (Phi) is 10.5. The number of aromatic nitrogens is 2. The summed E-state index contributed by atoms with van der Waals surface area (Å²) in [7, 11) is 0. The van der Waals surface area contributed by atoms with Gasteiger partial charge in [-0.05, 0) is 61.4 Å². The number of carbonyl (C=O) groups is 1. The summed E-state index contributed by atoms with van der Waals surface area (Å²) in [4.78, 5) is 22.5. The second-order valence-corrected chi connectivity index (χ2v) is 9.89. The molecule has 2 bridgehead atoms. The van der Waals surface area contributed by atoms with Gasteiger partial charge in [0, 0.05) is 45.1 Å². The van der Waals surface area contributed by atoms with Gasteiger partial charge in [-0.1, -0.05) is 30.3 Å². The lowest BCUT2D eigenvalue weighted by Gasteiger charge is -2.46. The summed E-state index contributed by atoms with van der Waals surface area (Å²) in [5.74, 6) is 1.97. The zero-order valence-corrected chi connectivity index (χ0v) is 22.1. The smallest absolute Gasteiger partial charge is 0.220 e. The van der Waals surface area contributed by atoms with Crippen molar-refractivity contribution in [1.29, 1.82) is 0 Å². The number of nitrogens with zero attached hydrogens (tertiary/aromatic N) is 2. The van der Waals surface area contributed by atoms with E-state index in [1.54, 1.807) is 6.07 Å². The van der Waals surface area contributed by atoms with Crippen LogP contribution < -0.4 is 10.6 Å². The average Bonchev–Trinajstić information content (AvgIpc) is 3.23. The van der Waals surface area contributed by atoms with E-state index in [-0.39, 0.29) is 36.5 Å². The van der Waals surface area contributed by atoms with Gasteiger partial charge in [0.15, 0.2) is 0 Å². The summed E-state index contributed by atoms with van der Waals surface area (Å²) >= 11 is 0. The van der Waals surface area contributed by atoms with Crippen molar-refractivity contribution in [1.82, 2.24) is 25.5 Å². The Morgan fingerprint density at radius 2 is 1.97 bits per heavy atom. The third-order valence-electron chi connectivity index (χ3n) is 7.23. The molecule has 9 heteroatoms. The number of fused-ring (bicyclic) bond motifs is 3. The van der Waals surface area contributed by atoms with Gasteiger partial charge in [0.2, 0.25) is 5.91 Å². The highest BCUT2D eigenvalue weighted by molar-refractivity contribution is 5.85. The van der Waals surface area contributed by atoms with Crippen LogP contribution in [0.4, 0.5) is 4.39 Å². The van der Waals surface area contributed by atoms with Crippen LogP contribution in [0, 0.1) is 17.7 Å². The van der Waals surface area contributed by atoms with E-state index in [1.165, 1.54) is 30.7 Å². The quantitative estimate of drug-likeness (QED) is 0.377. The molecular weight excluding hydrogens is 500 g/mol. The molecule has 1 aromatic heterocycles. The first-order valence-corrected chi connectivity index (χ1v) is 12.5. The Balaban J connectivity index is 0.00000180. The molecule has 196 valence electrons. The fourth-order valence-corrected chi connectivity index (χ4v) is 5.63. The molecule has 3 N–H and O–H groups in total. The summed E-state index contributed by atoms with van der Waals surface area (Å²) in [6, 6.07) is 15.8. The Bertz CT molecular complexity index is 1110. The molecule has 2 unspecified atom stereocenters. The van der Waals surface area contributed by atoms with Crippen LogP contribution in [0.1, 0.15) is 37.1 Å². The van der Waals surface area contributed by atoms with Crippen LogP contribution in [0.25, 0.3) is 11.0 Å². The minimum Gasteiger partial charge on any atom is -0.356 e. The number of rotatable bonds is 9.